The number of carboxylic acid groups (broad SMARTS) is 1. The second kappa shape index (κ2) is 6.31. The average Bonchev–Trinajstić information content (AvgIpc) is 2.28. The van der Waals surface area contributed by atoms with Gasteiger partial charge in [-0.15, -0.1) is 0 Å². The molecule has 1 aromatic heterocycles. The lowest BCUT2D eigenvalue weighted by molar-refractivity contribution is -0.139. The maximum atomic E-state index is 11.7. The van der Waals surface area contributed by atoms with E-state index >= 15 is 0 Å². The SMILES string of the molecule is O=C(N[C@H](CCO)C(=O)O)c1ncccc1Br. The number of nitrogens with one attached hydrogen (secondary N) is 1. The van der Waals surface area contributed by atoms with Gasteiger partial charge in [0.1, 0.15) is 11.7 Å². The number of carbonyl (C=O) groups excluding carboxylic acids is 1. The zero-order valence-corrected chi connectivity index (χ0v) is 10.3. The third-order valence-electron chi connectivity index (χ3n) is 1.99. The summed E-state index contributed by atoms with van der Waals surface area (Å²) in [7, 11) is 0. The van der Waals surface area contributed by atoms with Gasteiger partial charge in [0.2, 0.25) is 0 Å². The first-order valence-corrected chi connectivity index (χ1v) is 5.60. The molecule has 0 spiro atoms. The van der Waals surface area contributed by atoms with Gasteiger partial charge in [0.05, 0.1) is 0 Å². The number of pyridine rings is 1. The predicted molar refractivity (Wildman–Crippen MR) is 62.5 cm³/mol. The number of carboxylic acids is 1. The molecular formula is C10H11BrN2O4. The zero-order valence-electron chi connectivity index (χ0n) is 8.76. The first-order valence-electron chi connectivity index (χ1n) is 4.81. The van der Waals surface area contributed by atoms with Crippen molar-refractivity contribution < 1.29 is 19.8 Å². The minimum atomic E-state index is -1.19. The maximum Gasteiger partial charge on any atom is 0.326 e. The molecule has 1 rings (SSSR count). The topological polar surface area (TPSA) is 99.5 Å². The molecule has 3 N–H and O–H groups in total. The van der Waals surface area contributed by atoms with Crippen molar-refractivity contribution >= 4 is 27.8 Å². The molecule has 1 amide bonds. The van der Waals surface area contributed by atoms with Crippen LogP contribution in [0.5, 0.6) is 0 Å². The summed E-state index contributed by atoms with van der Waals surface area (Å²) in [5.74, 6) is -1.79. The number of aliphatic carboxylic acids is 1. The predicted octanol–water partition coefficient (Wildman–Crippen LogP) is 0.410. The van der Waals surface area contributed by atoms with Crippen LogP contribution in [0, 0.1) is 0 Å². The van der Waals surface area contributed by atoms with Gasteiger partial charge in [0, 0.05) is 23.7 Å². The van der Waals surface area contributed by atoms with E-state index in [-0.39, 0.29) is 18.7 Å². The molecule has 0 unspecified atom stereocenters. The normalized spacial score (nSPS) is 11.9. The Bertz CT molecular complexity index is 425. The molecule has 1 atom stereocenters. The van der Waals surface area contributed by atoms with Crippen molar-refractivity contribution in [2.45, 2.75) is 12.5 Å². The molecule has 0 aliphatic rings. The van der Waals surface area contributed by atoms with Crippen molar-refractivity contribution in [3.8, 4) is 0 Å². The smallest absolute Gasteiger partial charge is 0.326 e. The number of nitrogens with zero attached hydrogens (tertiary/aromatic N) is 1. The molecular weight excluding hydrogens is 292 g/mol. The fraction of sp³-hybridized carbons (Fsp3) is 0.300. The Hall–Kier alpha value is -1.47. The van der Waals surface area contributed by atoms with Gasteiger partial charge < -0.3 is 15.5 Å². The first-order chi connectivity index (χ1) is 8.06. The summed E-state index contributed by atoms with van der Waals surface area (Å²) >= 11 is 3.14. The van der Waals surface area contributed by atoms with E-state index in [9.17, 15) is 9.59 Å². The molecule has 0 aromatic carbocycles. The van der Waals surface area contributed by atoms with E-state index in [0.717, 1.165) is 0 Å². The molecule has 0 bridgehead atoms. The Morgan fingerprint density at radius 1 is 1.53 bits per heavy atom. The number of halogens is 1. The Kier molecular flexibility index (Phi) is 5.05. The summed E-state index contributed by atoms with van der Waals surface area (Å²) in [6.45, 7) is -0.319. The number of hydrogen-bond donors (Lipinski definition) is 3. The van der Waals surface area contributed by atoms with Crippen LogP contribution in [0.4, 0.5) is 0 Å². The number of amides is 1. The van der Waals surface area contributed by atoms with Crippen LogP contribution < -0.4 is 5.32 Å². The molecule has 0 saturated heterocycles. The van der Waals surface area contributed by atoms with E-state index in [1.54, 1.807) is 12.1 Å². The monoisotopic (exact) mass is 302 g/mol. The van der Waals surface area contributed by atoms with Gasteiger partial charge in [-0.1, -0.05) is 0 Å². The van der Waals surface area contributed by atoms with E-state index in [1.807, 2.05) is 0 Å². The van der Waals surface area contributed by atoms with Crippen molar-refractivity contribution in [1.29, 1.82) is 0 Å². The molecule has 92 valence electrons. The van der Waals surface area contributed by atoms with E-state index < -0.39 is 17.9 Å². The molecule has 1 aromatic rings. The molecule has 0 radical (unpaired) electrons. The lowest BCUT2D eigenvalue weighted by atomic mass is 10.2. The highest BCUT2D eigenvalue weighted by Gasteiger charge is 2.21. The van der Waals surface area contributed by atoms with E-state index in [0.29, 0.717) is 4.47 Å². The Balaban J connectivity index is 2.77. The van der Waals surface area contributed by atoms with E-state index in [2.05, 4.69) is 26.2 Å². The summed E-state index contributed by atoms with van der Waals surface area (Å²) in [5, 5.41) is 19.8. The van der Waals surface area contributed by atoms with Crippen molar-refractivity contribution in [2.75, 3.05) is 6.61 Å². The fourth-order valence-electron chi connectivity index (χ4n) is 1.17. The van der Waals surface area contributed by atoms with Crippen LogP contribution in [0.1, 0.15) is 16.9 Å². The zero-order chi connectivity index (χ0) is 12.8. The molecule has 0 aliphatic heterocycles. The van der Waals surface area contributed by atoms with E-state index in [4.69, 9.17) is 10.2 Å². The summed E-state index contributed by atoms with van der Waals surface area (Å²) in [6, 6.07) is 2.15. The van der Waals surface area contributed by atoms with Crippen molar-refractivity contribution in [1.82, 2.24) is 10.3 Å². The molecule has 0 saturated carbocycles. The van der Waals surface area contributed by atoms with Crippen molar-refractivity contribution in [2.24, 2.45) is 0 Å². The summed E-state index contributed by atoms with van der Waals surface area (Å²) < 4.78 is 0.477. The molecule has 0 fully saturated rings. The number of carbonyl (C=O) groups is 2. The summed E-state index contributed by atoms with van der Waals surface area (Å²) in [5.41, 5.74) is 0.108. The van der Waals surface area contributed by atoms with Gasteiger partial charge in [0.15, 0.2) is 0 Å². The summed E-state index contributed by atoms with van der Waals surface area (Å²) in [6.07, 6.45) is 1.38. The second-order valence-electron chi connectivity index (χ2n) is 3.21. The lowest BCUT2D eigenvalue weighted by Crippen LogP contribution is -2.41. The molecule has 17 heavy (non-hydrogen) atoms. The van der Waals surface area contributed by atoms with Crippen LogP contribution in [0.2, 0.25) is 0 Å². The third-order valence-corrected chi connectivity index (χ3v) is 2.63. The minimum absolute atomic E-state index is 0.0501. The van der Waals surface area contributed by atoms with Crippen LogP contribution in [0.25, 0.3) is 0 Å². The third kappa shape index (κ3) is 3.79. The highest BCUT2D eigenvalue weighted by Crippen LogP contribution is 2.13. The molecule has 0 aliphatic carbocycles. The van der Waals surface area contributed by atoms with Gasteiger partial charge in [-0.2, -0.15) is 0 Å². The number of aliphatic hydroxyl groups is 1. The lowest BCUT2D eigenvalue weighted by Gasteiger charge is -2.13. The quantitative estimate of drug-likeness (QED) is 0.731. The van der Waals surface area contributed by atoms with Crippen LogP contribution in [-0.4, -0.2) is 39.7 Å². The molecule has 1 heterocycles. The van der Waals surface area contributed by atoms with Crippen molar-refractivity contribution in [3.05, 3.63) is 28.5 Å². The Labute approximate surface area is 106 Å². The highest BCUT2D eigenvalue weighted by atomic mass is 79.9. The number of aliphatic hydroxyl groups excluding tert-OH is 1. The molecule has 6 nitrogen and oxygen atoms in total. The van der Waals surface area contributed by atoms with Gasteiger partial charge in [-0.05, 0) is 28.1 Å². The number of aromatic nitrogens is 1. The Morgan fingerprint density at radius 2 is 2.24 bits per heavy atom. The van der Waals surface area contributed by atoms with Gasteiger partial charge in [-0.3, -0.25) is 4.79 Å². The Morgan fingerprint density at radius 3 is 2.76 bits per heavy atom. The van der Waals surface area contributed by atoms with Gasteiger partial charge in [0.25, 0.3) is 5.91 Å². The maximum absolute atomic E-state index is 11.7. The fourth-order valence-corrected chi connectivity index (χ4v) is 1.60. The average molecular weight is 303 g/mol. The second-order valence-corrected chi connectivity index (χ2v) is 4.06. The van der Waals surface area contributed by atoms with Crippen LogP contribution in [0.15, 0.2) is 22.8 Å². The van der Waals surface area contributed by atoms with Crippen LogP contribution in [0.3, 0.4) is 0 Å². The molecule has 7 heteroatoms. The largest absolute Gasteiger partial charge is 0.480 e. The standard InChI is InChI=1S/C10H11BrN2O4/c11-6-2-1-4-12-8(6)9(15)13-7(3-5-14)10(16)17/h1-2,4,7,14H,3,5H2,(H,13,15)(H,16,17)/t7-/m1/s1. The highest BCUT2D eigenvalue weighted by molar-refractivity contribution is 9.10. The van der Waals surface area contributed by atoms with Gasteiger partial charge in [-0.25, -0.2) is 9.78 Å². The summed E-state index contributed by atoms with van der Waals surface area (Å²) in [4.78, 5) is 26.3. The van der Waals surface area contributed by atoms with E-state index in [1.165, 1.54) is 6.20 Å². The van der Waals surface area contributed by atoms with Crippen LogP contribution >= 0.6 is 15.9 Å². The van der Waals surface area contributed by atoms with Crippen LogP contribution in [-0.2, 0) is 4.79 Å². The first kappa shape index (κ1) is 13.6. The minimum Gasteiger partial charge on any atom is -0.480 e. The van der Waals surface area contributed by atoms with Gasteiger partial charge >= 0.3 is 5.97 Å². The number of rotatable bonds is 5. The number of hydrogen-bond acceptors (Lipinski definition) is 4. The van der Waals surface area contributed by atoms with Crippen molar-refractivity contribution in [3.63, 3.8) is 0 Å².